The van der Waals surface area contributed by atoms with Crippen LogP contribution in [0, 0.1) is 19.7 Å². The normalized spacial score (nSPS) is 16.7. The highest BCUT2D eigenvalue weighted by Gasteiger charge is 2.22. The second-order valence-corrected chi connectivity index (χ2v) is 8.59. The van der Waals surface area contributed by atoms with E-state index in [1.165, 1.54) is 6.07 Å². The van der Waals surface area contributed by atoms with E-state index >= 15 is 0 Å². The lowest BCUT2D eigenvalue weighted by Crippen LogP contribution is -2.51. The molecule has 33 heavy (non-hydrogen) atoms. The molecule has 0 amide bonds. The first kappa shape index (κ1) is 22.8. The van der Waals surface area contributed by atoms with Gasteiger partial charge >= 0.3 is 0 Å². The van der Waals surface area contributed by atoms with Crippen molar-refractivity contribution in [1.82, 2.24) is 25.4 Å². The van der Waals surface area contributed by atoms with E-state index in [9.17, 15) is 4.39 Å². The van der Waals surface area contributed by atoms with Crippen molar-refractivity contribution in [1.29, 1.82) is 0 Å². The number of nitrogens with one attached hydrogen (secondary N) is 2. The average molecular weight is 450 g/mol. The second kappa shape index (κ2) is 10.5. The lowest BCUT2D eigenvalue weighted by atomic mass is 10.0. The summed E-state index contributed by atoms with van der Waals surface area (Å²) in [4.78, 5) is 7.17. The summed E-state index contributed by atoms with van der Waals surface area (Å²) in [7, 11) is 1.96. The number of rotatable bonds is 6. The van der Waals surface area contributed by atoms with Gasteiger partial charge in [0.15, 0.2) is 11.8 Å². The maximum Gasteiger partial charge on any atom is 0.192 e. The van der Waals surface area contributed by atoms with E-state index in [-0.39, 0.29) is 11.9 Å². The average Bonchev–Trinajstić information content (AvgIpc) is 3.14. The van der Waals surface area contributed by atoms with Crippen molar-refractivity contribution in [2.45, 2.75) is 45.8 Å². The lowest BCUT2D eigenvalue weighted by Gasteiger charge is -2.36. The molecule has 2 aromatic carbocycles. The Morgan fingerprint density at radius 3 is 2.70 bits per heavy atom. The fourth-order valence-electron chi connectivity index (χ4n) is 4.15. The highest BCUT2D eigenvalue weighted by molar-refractivity contribution is 5.80. The third kappa shape index (κ3) is 5.88. The van der Waals surface area contributed by atoms with Crippen molar-refractivity contribution in [3.8, 4) is 0 Å². The number of aromatic nitrogens is 3. The monoisotopic (exact) mass is 449 g/mol. The van der Waals surface area contributed by atoms with Gasteiger partial charge in [-0.25, -0.2) is 9.38 Å². The number of nitrogens with zero attached hydrogens (tertiary/aromatic N) is 5. The summed E-state index contributed by atoms with van der Waals surface area (Å²) < 4.78 is 15.6. The molecule has 0 saturated carbocycles. The summed E-state index contributed by atoms with van der Waals surface area (Å²) in [6, 6.07) is 15.5. The van der Waals surface area contributed by atoms with Crippen LogP contribution in [0.2, 0.25) is 0 Å². The van der Waals surface area contributed by atoms with Crippen molar-refractivity contribution < 1.29 is 4.39 Å². The molecule has 8 heteroatoms. The molecule has 1 aromatic heterocycles. The zero-order valence-electron chi connectivity index (χ0n) is 19.6. The van der Waals surface area contributed by atoms with Crippen LogP contribution in [-0.4, -0.2) is 39.9 Å². The van der Waals surface area contributed by atoms with Crippen molar-refractivity contribution in [2.24, 2.45) is 12.0 Å². The van der Waals surface area contributed by atoms with Crippen molar-refractivity contribution in [3.63, 3.8) is 0 Å². The molecule has 1 aliphatic heterocycles. The van der Waals surface area contributed by atoms with Crippen LogP contribution in [-0.2, 0) is 20.1 Å². The van der Waals surface area contributed by atoms with Crippen LogP contribution in [0.25, 0.3) is 0 Å². The Morgan fingerprint density at radius 2 is 1.97 bits per heavy atom. The van der Waals surface area contributed by atoms with Crippen molar-refractivity contribution >= 4 is 11.6 Å². The summed E-state index contributed by atoms with van der Waals surface area (Å²) in [5, 5.41) is 15.4. The van der Waals surface area contributed by atoms with Gasteiger partial charge in [-0.15, -0.1) is 10.2 Å². The van der Waals surface area contributed by atoms with Crippen LogP contribution in [0.4, 0.5) is 10.1 Å². The quantitative estimate of drug-likeness (QED) is 0.445. The maximum atomic E-state index is 13.6. The molecular weight excluding hydrogens is 417 g/mol. The number of hydrogen-bond donors (Lipinski definition) is 2. The molecule has 0 bridgehead atoms. The van der Waals surface area contributed by atoms with Crippen molar-refractivity contribution in [2.75, 3.05) is 18.0 Å². The van der Waals surface area contributed by atoms with Gasteiger partial charge in [0.05, 0.1) is 13.1 Å². The number of aryl methyl sites for hydroxylation is 2. The largest absolute Gasteiger partial charge is 0.369 e. The number of hydrogen-bond acceptors (Lipinski definition) is 4. The lowest BCUT2D eigenvalue weighted by molar-refractivity contribution is 0.466. The highest BCUT2D eigenvalue weighted by atomic mass is 19.1. The van der Waals surface area contributed by atoms with Gasteiger partial charge in [0.25, 0.3) is 0 Å². The van der Waals surface area contributed by atoms with E-state index in [1.54, 1.807) is 6.07 Å². The summed E-state index contributed by atoms with van der Waals surface area (Å²) in [6.45, 7) is 6.82. The van der Waals surface area contributed by atoms with E-state index < -0.39 is 0 Å². The minimum atomic E-state index is -0.193. The van der Waals surface area contributed by atoms with Gasteiger partial charge in [0.2, 0.25) is 0 Å². The zero-order valence-corrected chi connectivity index (χ0v) is 19.6. The molecule has 2 heterocycles. The van der Waals surface area contributed by atoms with Crippen LogP contribution in [0.5, 0.6) is 0 Å². The molecule has 1 unspecified atom stereocenters. The van der Waals surface area contributed by atoms with E-state index in [0.717, 1.165) is 60.4 Å². The molecule has 1 saturated heterocycles. The molecular formula is C25H32FN7. The number of guanidine groups is 1. The molecule has 1 aliphatic rings. The molecule has 1 fully saturated rings. The Balaban J connectivity index is 1.46. The number of piperidine rings is 1. The van der Waals surface area contributed by atoms with Gasteiger partial charge in [-0.2, -0.15) is 0 Å². The summed E-state index contributed by atoms with van der Waals surface area (Å²) >= 11 is 0. The predicted octanol–water partition coefficient (Wildman–Crippen LogP) is 3.48. The molecule has 174 valence electrons. The van der Waals surface area contributed by atoms with Crippen LogP contribution in [0.15, 0.2) is 53.5 Å². The summed E-state index contributed by atoms with van der Waals surface area (Å²) in [5.41, 5.74) is 3.21. The SMILES string of the molecule is Cc1cc(F)ccc1N1CCCC(NC(=NCc2ccccc2)NCc2nnc(C)n2C)C1. The number of halogens is 1. The fraction of sp³-hybridized carbons (Fsp3) is 0.400. The Morgan fingerprint density at radius 1 is 1.15 bits per heavy atom. The second-order valence-electron chi connectivity index (χ2n) is 8.59. The topological polar surface area (TPSA) is 70.4 Å². The van der Waals surface area contributed by atoms with Gasteiger partial charge in [-0.3, -0.25) is 0 Å². The fourth-order valence-corrected chi connectivity index (χ4v) is 4.15. The first-order valence-electron chi connectivity index (χ1n) is 11.4. The Labute approximate surface area is 194 Å². The molecule has 7 nitrogen and oxygen atoms in total. The molecule has 0 aliphatic carbocycles. The molecule has 0 radical (unpaired) electrons. The van der Waals surface area contributed by atoms with Gasteiger partial charge < -0.3 is 20.1 Å². The van der Waals surface area contributed by atoms with Gasteiger partial charge in [0, 0.05) is 31.9 Å². The van der Waals surface area contributed by atoms with E-state index in [2.05, 4.69) is 37.9 Å². The molecule has 1 atom stereocenters. The Bertz CT molecular complexity index is 1090. The van der Waals surface area contributed by atoms with E-state index in [1.807, 2.05) is 49.7 Å². The van der Waals surface area contributed by atoms with Gasteiger partial charge in [0.1, 0.15) is 11.6 Å². The number of aliphatic imine (C=N–C) groups is 1. The van der Waals surface area contributed by atoms with E-state index in [0.29, 0.717) is 13.1 Å². The smallest absolute Gasteiger partial charge is 0.192 e. The molecule has 4 rings (SSSR count). The van der Waals surface area contributed by atoms with Crippen LogP contribution in [0.3, 0.4) is 0 Å². The Hall–Kier alpha value is -3.42. The third-order valence-electron chi connectivity index (χ3n) is 6.12. The van der Waals surface area contributed by atoms with Crippen molar-refractivity contribution in [3.05, 3.63) is 77.1 Å². The maximum absolute atomic E-state index is 13.6. The van der Waals surface area contributed by atoms with Gasteiger partial charge in [-0.1, -0.05) is 30.3 Å². The number of benzene rings is 2. The van der Waals surface area contributed by atoms with Crippen LogP contribution < -0.4 is 15.5 Å². The molecule has 0 spiro atoms. The first-order valence-corrected chi connectivity index (χ1v) is 11.4. The summed E-state index contributed by atoms with van der Waals surface area (Å²) in [6.07, 6.45) is 2.11. The van der Waals surface area contributed by atoms with Crippen LogP contribution in [0.1, 0.15) is 35.6 Å². The van der Waals surface area contributed by atoms with Gasteiger partial charge in [-0.05, 0) is 56.0 Å². The predicted molar refractivity (Wildman–Crippen MR) is 130 cm³/mol. The minimum absolute atomic E-state index is 0.193. The molecule has 3 aromatic rings. The van der Waals surface area contributed by atoms with E-state index in [4.69, 9.17) is 4.99 Å². The first-order chi connectivity index (χ1) is 16.0. The third-order valence-corrected chi connectivity index (χ3v) is 6.12. The standard InChI is InChI=1S/C25H32FN7/c1-18-14-21(26)11-12-23(18)33-13-7-10-22(17-33)29-25(27-15-20-8-5-4-6-9-20)28-16-24-31-30-19(2)32(24)3/h4-6,8-9,11-12,14,22H,7,10,13,15-17H2,1-3H3,(H2,27,28,29). The summed E-state index contributed by atoms with van der Waals surface area (Å²) in [5.74, 6) is 2.29. The minimum Gasteiger partial charge on any atom is -0.369 e. The number of anilines is 1. The Kier molecular flexibility index (Phi) is 7.22. The highest BCUT2D eigenvalue weighted by Crippen LogP contribution is 2.24. The molecule has 2 N–H and O–H groups in total. The van der Waals surface area contributed by atoms with Crippen LogP contribution >= 0.6 is 0 Å². The zero-order chi connectivity index (χ0) is 23.2.